The Morgan fingerprint density at radius 3 is 2.38 bits per heavy atom. The zero-order valence-corrected chi connectivity index (χ0v) is 14.7. The molecule has 0 N–H and O–H groups in total. The van der Waals surface area contributed by atoms with Gasteiger partial charge in [-0.25, -0.2) is 0 Å². The van der Waals surface area contributed by atoms with Gasteiger partial charge < -0.3 is 0 Å². The first-order valence-corrected chi connectivity index (χ1v) is 11.1. The molecule has 0 aromatic rings. The molecule has 0 aromatic heterocycles. The second-order valence-electron chi connectivity index (χ2n) is 5.86. The van der Waals surface area contributed by atoms with E-state index in [1.54, 1.807) is 12.8 Å². The predicted molar refractivity (Wildman–Crippen MR) is 50.0 cm³/mol. The van der Waals surface area contributed by atoms with E-state index in [2.05, 4.69) is 20.8 Å². The van der Waals surface area contributed by atoms with E-state index < -0.39 is 25.0 Å². The van der Waals surface area contributed by atoms with Gasteiger partial charge in [0.1, 0.15) is 0 Å². The van der Waals surface area contributed by atoms with Gasteiger partial charge in [0.25, 0.3) is 0 Å². The van der Waals surface area contributed by atoms with Crippen LogP contribution in [0.5, 0.6) is 0 Å². The monoisotopic (exact) mass is 370 g/mol. The van der Waals surface area contributed by atoms with Crippen LogP contribution in [0.3, 0.4) is 0 Å². The molecule has 2 aliphatic carbocycles. The Bertz CT molecular complexity index is 185. The van der Waals surface area contributed by atoms with E-state index >= 15 is 0 Å². The van der Waals surface area contributed by atoms with E-state index in [-0.39, 0.29) is 5.60 Å². The molecule has 0 amide bonds. The van der Waals surface area contributed by atoms with Crippen molar-refractivity contribution in [1.29, 1.82) is 0 Å². The molecule has 0 aromatic carbocycles. The summed E-state index contributed by atoms with van der Waals surface area (Å²) < 4.78 is 7.20. The van der Waals surface area contributed by atoms with Crippen LogP contribution >= 0.6 is 0 Å². The van der Waals surface area contributed by atoms with Crippen molar-refractivity contribution >= 4 is 0 Å². The first kappa shape index (κ1) is 10.4. The second-order valence-corrected chi connectivity index (χ2v) is 12.4. The number of fused-ring (bicyclic) bond motifs is 2. The van der Waals surface area contributed by atoms with Crippen LogP contribution in [-0.2, 0) is 27.7 Å². The van der Waals surface area contributed by atoms with Crippen molar-refractivity contribution in [2.75, 3.05) is 0 Å². The van der Waals surface area contributed by atoms with Crippen LogP contribution in [0.25, 0.3) is 0 Å². The van der Waals surface area contributed by atoms with Crippen molar-refractivity contribution in [3.8, 4) is 0 Å². The third kappa shape index (κ3) is 2.68. The van der Waals surface area contributed by atoms with Gasteiger partial charge in [-0.3, -0.25) is 0 Å². The van der Waals surface area contributed by atoms with Crippen LogP contribution in [0.4, 0.5) is 0 Å². The summed E-state index contributed by atoms with van der Waals surface area (Å²) in [5, 5.41) is 0. The molecular formula is C11H20HgO. The van der Waals surface area contributed by atoms with E-state index in [1.165, 1.54) is 12.8 Å². The first-order valence-electron chi connectivity index (χ1n) is 5.68. The van der Waals surface area contributed by atoms with Crippen molar-refractivity contribution in [1.82, 2.24) is 0 Å². The van der Waals surface area contributed by atoms with Crippen LogP contribution in [0.15, 0.2) is 0 Å². The molecule has 0 saturated heterocycles. The Balaban J connectivity index is 1.78. The molecule has 2 bridgehead atoms. The molecule has 0 unspecified atom stereocenters. The summed E-state index contributed by atoms with van der Waals surface area (Å²) in [5.74, 6) is 2.22. The van der Waals surface area contributed by atoms with Crippen LogP contribution in [-0.4, -0.2) is 5.60 Å². The third-order valence-electron chi connectivity index (χ3n) is 3.61. The van der Waals surface area contributed by atoms with Crippen molar-refractivity contribution in [3.05, 3.63) is 0 Å². The minimum atomic E-state index is -0.994. The fourth-order valence-corrected chi connectivity index (χ4v) is 10.8. The van der Waals surface area contributed by atoms with Crippen molar-refractivity contribution in [2.24, 2.45) is 11.8 Å². The average Bonchev–Trinajstić information content (AvgIpc) is 2.58. The Labute approximate surface area is 94.7 Å². The summed E-state index contributed by atoms with van der Waals surface area (Å²) in [6.07, 6.45) is 6.16. The molecule has 0 heterocycles. The summed E-state index contributed by atoms with van der Waals surface area (Å²) >= 11 is -0.994. The van der Waals surface area contributed by atoms with Gasteiger partial charge in [0, 0.05) is 0 Å². The van der Waals surface area contributed by atoms with E-state index in [1.807, 2.05) is 0 Å². The SMILES string of the molecule is CC(C)(C)[O][Hg][C@@H]1C[C@H]2CC[C@@H]1C2. The topological polar surface area (TPSA) is 9.23 Å². The molecule has 1 nitrogen and oxygen atoms in total. The molecule has 13 heavy (non-hydrogen) atoms. The zero-order chi connectivity index (χ0) is 9.47. The predicted octanol–water partition coefficient (Wildman–Crippen LogP) is 3.41. The Morgan fingerprint density at radius 2 is 1.92 bits per heavy atom. The fraction of sp³-hybridized carbons (Fsp3) is 1.00. The van der Waals surface area contributed by atoms with Crippen LogP contribution in [0.2, 0.25) is 3.43 Å². The van der Waals surface area contributed by atoms with E-state index in [4.69, 9.17) is 2.64 Å². The maximum absolute atomic E-state index is 6.09. The number of hydrogen-bond acceptors (Lipinski definition) is 1. The standard InChI is InChI=1S/C7H11.C4H9O.Hg/c1-2-7-4-3-6(1)5-7;1-4(2,3)5;/h1,6-7H,2-5H2;1-3H3;/q;-1;+1/t6-,7+;;/m1../s1. The molecule has 0 aliphatic heterocycles. The third-order valence-corrected chi connectivity index (χ3v) is 13.2. The van der Waals surface area contributed by atoms with Crippen molar-refractivity contribution in [2.45, 2.75) is 55.5 Å². The molecule has 2 aliphatic rings. The van der Waals surface area contributed by atoms with Gasteiger partial charge >= 0.3 is 95.0 Å². The second kappa shape index (κ2) is 3.81. The van der Waals surface area contributed by atoms with Crippen LogP contribution in [0.1, 0.15) is 46.5 Å². The number of hydrogen-bond donors (Lipinski definition) is 0. The summed E-state index contributed by atoms with van der Waals surface area (Å²) in [6, 6.07) is 0. The maximum atomic E-state index is 6.09. The van der Waals surface area contributed by atoms with Crippen LogP contribution < -0.4 is 0 Å². The average molecular weight is 369 g/mol. The molecule has 3 atom stereocenters. The van der Waals surface area contributed by atoms with Gasteiger partial charge in [-0.2, -0.15) is 0 Å². The Kier molecular flexibility index (Phi) is 3.05. The van der Waals surface area contributed by atoms with Gasteiger partial charge in [0.05, 0.1) is 0 Å². The van der Waals surface area contributed by atoms with Gasteiger partial charge in [0.2, 0.25) is 0 Å². The molecular weight excluding hydrogens is 349 g/mol. The molecule has 72 valence electrons. The van der Waals surface area contributed by atoms with Crippen molar-refractivity contribution < 1.29 is 27.7 Å². The summed E-state index contributed by atoms with van der Waals surface area (Å²) in [6.45, 7) is 6.63. The summed E-state index contributed by atoms with van der Waals surface area (Å²) in [4.78, 5) is 0. The Hall–Kier alpha value is 0.895. The van der Waals surface area contributed by atoms with E-state index in [9.17, 15) is 0 Å². The quantitative estimate of drug-likeness (QED) is 0.679. The van der Waals surface area contributed by atoms with E-state index in [0.717, 1.165) is 15.3 Å². The number of rotatable bonds is 2. The zero-order valence-electron chi connectivity index (χ0n) is 9.18. The van der Waals surface area contributed by atoms with Gasteiger partial charge in [-0.15, -0.1) is 0 Å². The molecule has 0 spiro atoms. The molecule has 2 heteroatoms. The van der Waals surface area contributed by atoms with Gasteiger partial charge in [0.15, 0.2) is 0 Å². The van der Waals surface area contributed by atoms with Crippen LogP contribution in [0, 0.1) is 11.8 Å². The fourth-order valence-electron chi connectivity index (χ4n) is 2.94. The normalized spacial score (nSPS) is 37.9. The molecule has 0 radical (unpaired) electrons. The summed E-state index contributed by atoms with van der Waals surface area (Å²) in [7, 11) is 0. The molecule has 2 rings (SSSR count). The summed E-state index contributed by atoms with van der Waals surface area (Å²) in [5.41, 5.74) is 0.156. The first-order chi connectivity index (χ1) is 6.04. The Morgan fingerprint density at radius 1 is 1.15 bits per heavy atom. The molecule has 2 saturated carbocycles. The van der Waals surface area contributed by atoms with E-state index in [0.29, 0.717) is 0 Å². The minimum absolute atomic E-state index is 0.156. The van der Waals surface area contributed by atoms with Gasteiger partial charge in [-0.05, 0) is 0 Å². The molecule has 2 fully saturated rings. The van der Waals surface area contributed by atoms with Crippen molar-refractivity contribution in [3.63, 3.8) is 0 Å². The van der Waals surface area contributed by atoms with Gasteiger partial charge in [-0.1, -0.05) is 0 Å².